The molecular weight excluding hydrogens is 272 g/mol. The minimum Gasteiger partial charge on any atom is -1.00 e. The first-order valence-corrected chi connectivity index (χ1v) is 6.42. The van der Waals surface area contributed by atoms with Crippen LogP contribution >= 0.6 is 11.8 Å². The summed E-state index contributed by atoms with van der Waals surface area (Å²) in [6, 6.07) is 4.17. The van der Waals surface area contributed by atoms with Crippen molar-refractivity contribution in [2.24, 2.45) is 14.1 Å². The Kier molecular flexibility index (Phi) is 6.17. The van der Waals surface area contributed by atoms with Gasteiger partial charge in [0.2, 0.25) is 5.16 Å². The van der Waals surface area contributed by atoms with Gasteiger partial charge in [-0.2, -0.15) is 0 Å². The maximum atomic E-state index is 3.91. The molecule has 8 heteroatoms. The van der Waals surface area contributed by atoms with E-state index in [9.17, 15) is 0 Å². The lowest BCUT2D eigenvalue weighted by molar-refractivity contribution is -0.00000382. The molecule has 18 heavy (non-hydrogen) atoms. The molecule has 0 saturated carbocycles. The topological polar surface area (TPSA) is 60.6 Å². The molecule has 0 aliphatic rings. The number of nitrogens with zero attached hydrogens (tertiary/aromatic N) is 5. The van der Waals surface area contributed by atoms with Gasteiger partial charge in [0, 0.05) is 44.8 Å². The Hall–Kier alpha value is -1.05. The molecule has 0 aromatic carbocycles. The first-order chi connectivity index (χ1) is 8.27. The number of thioether (sulfide) groups is 1. The Bertz CT molecular complexity index is 426. The highest BCUT2D eigenvalue weighted by atomic mass is 35.5. The minimum absolute atomic E-state index is 0. The average molecular weight is 288 g/mol. The van der Waals surface area contributed by atoms with E-state index >= 15 is 0 Å². The van der Waals surface area contributed by atoms with Crippen LogP contribution in [-0.2, 0) is 20.6 Å². The number of tetrazole rings is 1. The zero-order chi connectivity index (χ0) is 12.1. The lowest BCUT2D eigenvalue weighted by atomic mass is 10.4. The van der Waals surface area contributed by atoms with E-state index in [1.807, 2.05) is 7.05 Å². The number of nitrogens with one attached hydrogen (secondary N) is 1. The molecule has 2 heterocycles. The molecule has 0 atom stereocenters. The van der Waals surface area contributed by atoms with Crippen molar-refractivity contribution in [2.45, 2.75) is 11.7 Å². The second-order valence-electron chi connectivity index (χ2n) is 3.72. The van der Waals surface area contributed by atoms with Crippen molar-refractivity contribution >= 4 is 11.8 Å². The van der Waals surface area contributed by atoms with Crippen LogP contribution in [-0.4, -0.2) is 37.1 Å². The molecule has 0 amide bonds. The summed E-state index contributed by atoms with van der Waals surface area (Å²) in [5.74, 6) is 0.957. The third-order valence-corrected chi connectivity index (χ3v) is 3.46. The van der Waals surface area contributed by atoms with Crippen molar-refractivity contribution in [3.8, 4) is 0 Å². The fourth-order valence-electron chi connectivity index (χ4n) is 1.45. The van der Waals surface area contributed by atoms with Crippen molar-refractivity contribution in [3.63, 3.8) is 0 Å². The van der Waals surface area contributed by atoms with Gasteiger partial charge >= 0.3 is 0 Å². The molecule has 0 bridgehead atoms. The van der Waals surface area contributed by atoms with Gasteiger partial charge in [0.15, 0.2) is 0 Å². The Labute approximate surface area is 117 Å². The number of hydrogen-bond acceptors (Lipinski definition) is 5. The predicted molar refractivity (Wildman–Crippen MR) is 66.6 cm³/mol. The lowest BCUT2D eigenvalue weighted by Gasteiger charge is -2.05. The van der Waals surface area contributed by atoms with Crippen LogP contribution in [0.2, 0.25) is 0 Å². The molecule has 0 fully saturated rings. The molecule has 0 saturated heterocycles. The van der Waals surface area contributed by atoms with Crippen molar-refractivity contribution < 1.29 is 12.4 Å². The van der Waals surface area contributed by atoms with Crippen LogP contribution < -0.4 is 17.7 Å². The van der Waals surface area contributed by atoms with Gasteiger partial charge in [0.05, 0.1) is 0 Å². The number of hydrogen-bond donors (Lipinski definition) is 1. The van der Waals surface area contributed by atoms with Crippen LogP contribution in [0.4, 0.5) is 0 Å². The summed E-state index contributed by atoms with van der Waals surface area (Å²) < 4.78 is 3.80. The van der Waals surface area contributed by atoms with Crippen molar-refractivity contribution in [1.29, 1.82) is 0 Å². The van der Waals surface area contributed by atoms with Crippen molar-refractivity contribution in [3.05, 3.63) is 24.0 Å². The van der Waals surface area contributed by atoms with Gasteiger partial charge in [-0.05, 0) is 22.6 Å². The van der Waals surface area contributed by atoms with Crippen molar-refractivity contribution in [1.82, 2.24) is 30.1 Å². The summed E-state index contributed by atoms with van der Waals surface area (Å²) in [6.45, 7) is 1.82. The normalized spacial score (nSPS) is 10.3. The summed E-state index contributed by atoms with van der Waals surface area (Å²) in [6.07, 6.45) is 2.05. The second kappa shape index (κ2) is 7.40. The van der Waals surface area contributed by atoms with Crippen LogP contribution in [0.3, 0.4) is 0 Å². The van der Waals surface area contributed by atoms with E-state index in [1.54, 1.807) is 16.4 Å². The molecule has 1 N–H and O–H groups in total. The number of rotatable bonds is 6. The van der Waals surface area contributed by atoms with E-state index in [0.717, 1.165) is 24.0 Å². The van der Waals surface area contributed by atoms with E-state index in [1.165, 1.54) is 5.69 Å². The van der Waals surface area contributed by atoms with Crippen LogP contribution in [0.15, 0.2) is 23.5 Å². The van der Waals surface area contributed by atoms with E-state index in [4.69, 9.17) is 0 Å². The Morgan fingerprint density at radius 2 is 2.22 bits per heavy atom. The van der Waals surface area contributed by atoms with Crippen LogP contribution in [0.1, 0.15) is 5.69 Å². The highest BCUT2D eigenvalue weighted by molar-refractivity contribution is 7.99. The van der Waals surface area contributed by atoms with Gasteiger partial charge in [0.25, 0.3) is 0 Å². The number of aromatic nitrogens is 5. The predicted octanol–water partition coefficient (Wildman–Crippen LogP) is -2.57. The number of halogens is 1. The summed E-state index contributed by atoms with van der Waals surface area (Å²) in [7, 11) is 3.90. The van der Waals surface area contributed by atoms with Crippen LogP contribution in [0.5, 0.6) is 0 Å². The quantitative estimate of drug-likeness (QED) is 0.468. The molecule has 2 aromatic heterocycles. The van der Waals surface area contributed by atoms with Gasteiger partial charge in [-0.25, -0.2) is 4.68 Å². The third kappa shape index (κ3) is 4.01. The van der Waals surface area contributed by atoms with Crippen LogP contribution in [0.25, 0.3) is 0 Å². The minimum atomic E-state index is 0. The highest BCUT2D eigenvalue weighted by Crippen LogP contribution is 2.10. The molecule has 0 aliphatic carbocycles. The Balaban J connectivity index is 0.00000162. The van der Waals surface area contributed by atoms with E-state index in [-0.39, 0.29) is 12.4 Å². The van der Waals surface area contributed by atoms with E-state index < -0.39 is 0 Å². The van der Waals surface area contributed by atoms with Crippen LogP contribution in [0, 0.1) is 0 Å². The molecule has 0 radical (unpaired) electrons. The third-order valence-electron chi connectivity index (χ3n) is 2.45. The first kappa shape index (κ1) is 15.0. The first-order valence-electron chi connectivity index (χ1n) is 5.43. The molecule has 0 aliphatic heterocycles. The maximum absolute atomic E-state index is 3.91. The van der Waals surface area contributed by atoms with Gasteiger partial charge in [-0.15, -0.1) is 5.10 Å². The molecule has 6 nitrogen and oxygen atoms in total. The average Bonchev–Trinajstić information content (AvgIpc) is 2.89. The fraction of sp³-hybridized carbons (Fsp3) is 0.500. The molecular formula is C10H16ClN6S-. The molecule has 100 valence electrons. The SMILES string of the molecule is Cn1cccc1CNCCSc1nnnn1C.[Cl-]. The van der Waals surface area contributed by atoms with E-state index in [0.29, 0.717) is 0 Å². The summed E-state index contributed by atoms with van der Waals surface area (Å²) in [5, 5.41) is 15.5. The zero-order valence-electron chi connectivity index (χ0n) is 10.4. The molecule has 2 rings (SSSR count). The highest BCUT2D eigenvalue weighted by Gasteiger charge is 2.02. The molecule has 0 spiro atoms. The number of aryl methyl sites for hydroxylation is 2. The lowest BCUT2D eigenvalue weighted by Crippen LogP contribution is -3.00. The fourth-order valence-corrected chi connectivity index (χ4v) is 2.20. The van der Waals surface area contributed by atoms with Gasteiger partial charge in [0.1, 0.15) is 0 Å². The summed E-state index contributed by atoms with van der Waals surface area (Å²) >= 11 is 1.65. The standard InChI is InChI=1S/C10H16N6S.ClH/c1-15-6-3-4-9(15)8-11-5-7-17-10-12-13-14-16(10)2;/h3-4,6,11H,5,7-8H2,1-2H3;1H/p-1. The van der Waals surface area contributed by atoms with Crippen molar-refractivity contribution in [2.75, 3.05) is 12.3 Å². The zero-order valence-corrected chi connectivity index (χ0v) is 11.9. The second-order valence-corrected chi connectivity index (χ2v) is 4.78. The largest absolute Gasteiger partial charge is 1.00 e. The monoisotopic (exact) mass is 287 g/mol. The Morgan fingerprint density at radius 1 is 1.39 bits per heavy atom. The summed E-state index contributed by atoms with van der Waals surface area (Å²) in [5.41, 5.74) is 1.29. The molecule has 2 aromatic rings. The van der Waals surface area contributed by atoms with Gasteiger partial charge < -0.3 is 22.3 Å². The van der Waals surface area contributed by atoms with Gasteiger partial charge in [-0.3, -0.25) is 0 Å². The van der Waals surface area contributed by atoms with E-state index in [2.05, 4.69) is 50.8 Å². The molecule has 0 unspecified atom stereocenters. The maximum Gasteiger partial charge on any atom is 0.209 e. The Morgan fingerprint density at radius 3 is 2.83 bits per heavy atom. The summed E-state index contributed by atoms with van der Waals surface area (Å²) in [4.78, 5) is 0. The van der Waals surface area contributed by atoms with Gasteiger partial charge in [-0.1, -0.05) is 11.8 Å². The smallest absolute Gasteiger partial charge is 0.209 e.